The van der Waals surface area contributed by atoms with E-state index in [1.165, 1.54) is 10.6 Å². The molecule has 8 heteroatoms. The summed E-state index contributed by atoms with van der Waals surface area (Å²) < 4.78 is 25.9. The Bertz CT molecular complexity index is 795. The van der Waals surface area contributed by atoms with Crippen LogP contribution in [0, 0.1) is 0 Å². The molecule has 1 aliphatic rings. The molecule has 0 spiro atoms. The number of anilines is 2. The highest BCUT2D eigenvalue weighted by Gasteiger charge is 2.28. The molecule has 0 aromatic carbocycles. The summed E-state index contributed by atoms with van der Waals surface area (Å²) in [5.74, 6) is 0. The molecule has 0 atom stereocenters. The monoisotopic (exact) mass is 354 g/mol. The summed E-state index contributed by atoms with van der Waals surface area (Å²) in [5, 5.41) is 5.57. The minimum atomic E-state index is -3.12. The summed E-state index contributed by atoms with van der Waals surface area (Å²) in [6, 6.07) is 2.40. The lowest BCUT2D eigenvalue weighted by Crippen LogP contribution is -2.41. The normalized spacial score (nSPS) is 22.6. The molecule has 23 heavy (non-hydrogen) atoms. The molecule has 1 fully saturated rings. The van der Waals surface area contributed by atoms with Gasteiger partial charge in [0.15, 0.2) is 0 Å². The zero-order valence-electron chi connectivity index (χ0n) is 13.3. The fourth-order valence-corrected chi connectivity index (χ4v) is 4.76. The molecule has 0 unspecified atom stereocenters. The second kappa shape index (κ2) is 6.26. The van der Waals surface area contributed by atoms with Crippen molar-refractivity contribution >= 4 is 43.0 Å². The van der Waals surface area contributed by atoms with E-state index in [1.807, 2.05) is 11.4 Å². The van der Waals surface area contributed by atoms with Crippen LogP contribution in [0.15, 0.2) is 17.6 Å². The Labute approximate surface area is 140 Å². The predicted octanol–water partition coefficient (Wildman–Crippen LogP) is 2.49. The standard InChI is InChI=1S/C15H22N4O2S2/c1-19(23(2,20)21)11-5-3-10(4-6-11)18-14-12(16)9-17-13-7-8-22-15(13)14/h7-11H,3-6,16H2,1-2H3,(H,17,18). The van der Waals surface area contributed by atoms with Gasteiger partial charge in [-0.05, 0) is 37.1 Å². The van der Waals surface area contributed by atoms with Crippen molar-refractivity contribution < 1.29 is 8.42 Å². The summed E-state index contributed by atoms with van der Waals surface area (Å²) in [6.45, 7) is 0. The number of sulfonamides is 1. The van der Waals surface area contributed by atoms with Crippen LogP contribution in [0.3, 0.4) is 0 Å². The topological polar surface area (TPSA) is 88.3 Å². The Hall–Kier alpha value is -1.38. The number of nitrogen functional groups attached to an aromatic ring is 1. The second-order valence-electron chi connectivity index (χ2n) is 6.15. The van der Waals surface area contributed by atoms with E-state index in [0.29, 0.717) is 11.7 Å². The summed E-state index contributed by atoms with van der Waals surface area (Å²) in [7, 11) is -1.45. The Morgan fingerprint density at radius 3 is 2.70 bits per heavy atom. The average molecular weight is 355 g/mol. The molecule has 3 rings (SSSR count). The zero-order valence-corrected chi connectivity index (χ0v) is 15.0. The van der Waals surface area contributed by atoms with Crippen molar-refractivity contribution in [2.45, 2.75) is 37.8 Å². The minimum Gasteiger partial charge on any atom is -0.396 e. The number of aromatic nitrogens is 1. The highest BCUT2D eigenvalue weighted by atomic mass is 32.2. The van der Waals surface area contributed by atoms with E-state index < -0.39 is 10.0 Å². The Kier molecular flexibility index (Phi) is 4.48. The van der Waals surface area contributed by atoms with Gasteiger partial charge in [0.05, 0.1) is 34.0 Å². The molecule has 2 aromatic heterocycles. The van der Waals surface area contributed by atoms with Gasteiger partial charge in [-0.2, -0.15) is 0 Å². The maximum atomic E-state index is 11.7. The van der Waals surface area contributed by atoms with Crippen molar-refractivity contribution in [3.8, 4) is 0 Å². The fourth-order valence-electron chi connectivity index (χ4n) is 3.13. The Morgan fingerprint density at radius 2 is 2.04 bits per heavy atom. The van der Waals surface area contributed by atoms with Crippen LogP contribution in [0.2, 0.25) is 0 Å². The number of hydrogen-bond acceptors (Lipinski definition) is 6. The molecule has 0 aliphatic heterocycles. The molecule has 1 saturated carbocycles. The first kappa shape index (κ1) is 16.5. The maximum absolute atomic E-state index is 11.7. The number of nitrogens with zero attached hydrogens (tertiary/aromatic N) is 2. The number of thiophene rings is 1. The number of nitrogens with one attached hydrogen (secondary N) is 1. The van der Waals surface area contributed by atoms with Gasteiger partial charge in [-0.25, -0.2) is 12.7 Å². The van der Waals surface area contributed by atoms with Crippen molar-refractivity contribution in [2.75, 3.05) is 24.4 Å². The van der Waals surface area contributed by atoms with E-state index in [9.17, 15) is 8.42 Å². The third-order valence-corrected chi connectivity index (χ3v) is 6.85. The first-order valence-electron chi connectivity index (χ1n) is 7.67. The fraction of sp³-hybridized carbons (Fsp3) is 0.533. The largest absolute Gasteiger partial charge is 0.396 e. The van der Waals surface area contributed by atoms with Crippen LogP contribution in [0.4, 0.5) is 11.4 Å². The maximum Gasteiger partial charge on any atom is 0.211 e. The van der Waals surface area contributed by atoms with Crippen LogP contribution in [0.1, 0.15) is 25.7 Å². The molecule has 6 nitrogen and oxygen atoms in total. The predicted molar refractivity (Wildman–Crippen MR) is 96.3 cm³/mol. The lowest BCUT2D eigenvalue weighted by atomic mass is 9.91. The molecule has 0 amide bonds. The zero-order chi connectivity index (χ0) is 16.6. The van der Waals surface area contributed by atoms with Gasteiger partial charge in [-0.15, -0.1) is 11.3 Å². The number of nitrogens with two attached hydrogens (primary N) is 1. The molecule has 126 valence electrons. The molecule has 0 bridgehead atoms. The van der Waals surface area contributed by atoms with E-state index in [2.05, 4.69) is 10.3 Å². The number of hydrogen-bond donors (Lipinski definition) is 2. The minimum absolute atomic E-state index is 0.0968. The van der Waals surface area contributed by atoms with Gasteiger partial charge in [0.25, 0.3) is 0 Å². The van der Waals surface area contributed by atoms with Crippen molar-refractivity contribution in [3.63, 3.8) is 0 Å². The van der Waals surface area contributed by atoms with Gasteiger partial charge in [0.2, 0.25) is 10.0 Å². The molecule has 3 N–H and O–H groups in total. The summed E-state index contributed by atoms with van der Waals surface area (Å²) in [4.78, 5) is 4.33. The summed E-state index contributed by atoms with van der Waals surface area (Å²) in [6.07, 6.45) is 6.54. The van der Waals surface area contributed by atoms with Crippen molar-refractivity contribution in [1.29, 1.82) is 0 Å². The van der Waals surface area contributed by atoms with E-state index in [-0.39, 0.29) is 6.04 Å². The lowest BCUT2D eigenvalue weighted by molar-refractivity contribution is 0.276. The second-order valence-corrected chi connectivity index (χ2v) is 9.11. The number of pyridine rings is 1. The molecule has 0 radical (unpaired) electrons. The number of rotatable bonds is 4. The van der Waals surface area contributed by atoms with Gasteiger partial charge in [0.1, 0.15) is 0 Å². The van der Waals surface area contributed by atoms with Crippen LogP contribution >= 0.6 is 11.3 Å². The van der Waals surface area contributed by atoms with Crippen LogP contribution in [-0.4, -0.2) is 43.1 Å². The highest BCUT2D eigenvalue weighted by molar-refractivity contribution is 7.88. The molecule has 0 saturated heterocycles. The first-order chi connectivity index (χ1) is 10.9. The molecule has 2 aromatic rings. The first-order valence-corrected chi connectivity index (χ1v) is 10.4. The third kappa shape index (κ3) is 3.44. The van der Waals surface area contributed by atoms with E-state index in [4.69, 9.17) is 5.73 Å². The van der Waals surface area contributed by atoms with Crippen LogP contribution in [-0.2, 0) is 10.0 Å². The quantitative estimate of drug-likeness (QED) is 0.881. The van der Waals surface area contributed by atoms with E-state index >= 15 is 0 Å². The van der Waals surface area contributed by atoms with Crippen LogP contribution < -0.4 is 11.1 Å². The number of fused-ring (bicyclic) bond motifs is 1. The van der Waals surface area contributed by atoms with Crippen molar-refractivity contribution in [3.05, 3.63) is 17.6 Å². The van der Waals surface area contributed by atoms with Crippen molar-refractivity contribution in [2.24, 2.45) is 0 Å². The molecule has 2 heterocycles. The van der Waals surface area contributed by atoms with Gasteiger partial charge >= 0.3 is 0 Å². The Morgan fingerprint density at radius 1 is 1.35 bits per heavy atom. The summed E-state index contributed by atoms with van der Waals surface area (Å²) in [5.41, 5.74) is 8.67. The van der Waals surface area contributed by atoms with Crippen LogP contribution in [0.5, 0.6) is 0 Å². The lowest BCUT2D eigenvalue weighted by Gasteiger charge is -2.34. The third-order valence-electron chi connectivity index (χ3n) is 4.59. The highest BCUT2D eigenvalue weighted by Crippen LogP contribution is 2.34. The van der Waals surface area contributed by atoms with Gasteiger partial charge in [-0.1, -0.05) is 0 Å². The van der Waals surface area contributed by atoms with Crippen molar-refractivity contribution in [1.82, 2.24) is 9.29 Å². The van der Waals surface area contributed by atoms with Gasteiger partial charge in [-0.3, -0.25) is 4.98 Å². The summed E-state index contributed by atoms with van der Waals surface area (Å²) >= 11 is 1.63. The van der Waals surface area contributed by atoms with E-state index in [1.54, 1.807) is 24.6 Å². The average Bonchev–Trinajstić information content (AvgIpc) is 2.98. The molecule has 1 aliphatic carbocycles. The molecular formula is C15H22N4O2S2. The van der Waals surface area contributed by atoms with E-state index in [0.717, 1.165) is 41.6 Å². The Balaban J connectivity index is 1.69. The SMILES string of the molecule is CN(C1CCC(Nc2c(N)cnc3ccsc23)CC1)S(C)(=O)=O. The van der Waals surface area contributed by atoms with Crippen LogP contribution in [0.25, 0.3) is 10.2 Å². The van der Waals surface area contributed by atoms with Gasteiger partial charge < -0.3 is 11.1 Å². The smallest absolute Gasteiger partial charge is 0.211 e. The van der Waals surface area contributed by atoms with Gasteiger partial charge in [0, 0.05) is 19.1 Å². The molecular weight excluding hydrogens is 332 g/mol.